The van der Waals surface area contributed by atoms with E-state index >= 15 is 0 Å². The highest BCUT2D eigenvalue weighted by molar-refractivity contribution is 5.80. The molecule has 0 amide bonds. The van der Waals surface area contributed by atoms with Gasteiger partial charge in [-0.3, -0.25) is 9.67 Å². The summed E-state index contributed by atoms with van der Waals surface area (Å²) in [5.41, 5.74) is 10.1. The highest BCUT2D eigenvalue weighted by Gasteiger charge is 2.26. The Labute approximate surface area is 140 Å². The van der Waals surface area contributed by atoms with Crippen LogP contribution in [0.15, 0.2) is 42.7 Å². The molecule has 1 unspecified atom stereocenters. The molecule has 2 heterocycles. The molecule has 0 bridgehead atoms. The van der Waals surface area contributed by atoms with Crippen molar-refractivity contribution < 1.29 is 0 Å². The summed E-state index contributed by atoms with van der Waals surface area (Å²) >= 11 is 0. The number of nitrogens with zero attached hydrogens (tertiary/aromatic N) is 4. The summed E-state index contributed by atoms with van der Waals surface area (Å²) in [6.45, 7) is 1.98. The number of pyridine rings is 1. The monoisotopic (exact) mass is 317 g/mol. The van der Waals surface area contributed by atoms with Crippen molar-refractivity contribution in [3.63, 3.8) is 0 Å². The van der Waals surface area contributed by atoms with E-state index in [1.165, 1.54) is 18.5 Å². The average molecular weight is 317 g/mol. The van der Waals surface area contributed by atoms with Crippen LogP contribution in [0.4, 0.5) is 0 Å². The van der Waals surface area contributed by atoms with Crippen LogP contribution in [0.5, 0.6) is 0 Å². The second-order valence-electron chi connectivity index (χ2n) is 6.57. The number of fused-ring (bicyclic) bond motifs is 1. The largest absolute Gasteiger partial charge is 0.326 e. The predicted molar refractivity (Wildman–Crippen MR) is 92.4 cm³/mol. The molecular weight excluding hydrogens is 298 g/mol. The molecule has 0 spiro atoms. The first-order chi connectivity index (χ1) is 11.7. The predicted octanol–water partition coefficient (Wildman–Crippen LogP) is 3.12. The van der Waals surface area contributed by atoms with E-state index in [2.05, 4.69) is 28.3 Å². The quantitative estimate of drug-likeness (QED) is 0.801. The van der Waals surface area contributed by atoms with Crippen LogP contribution in [0.3, 0.4) is 0 Å². The fourth-order valence-electron chi connectivity index (χ4n) is 3.22. The zero-order valence-corrected chi connectivity index (χ0v) is 13.6. The van der Waals surface area contributed by atoms with Crippen LogP contribution in [0.2, 0.25) is 0 Å². The van der Waals surface area contributed by atoms with Crippen molar-refractivity contribution in [1.29, 1.82) is 5.26 Å². The molecule has 2 aromatic heterocycles. The van der Waals surface area contributed by atoms with Crippen LogP contribution in [0, 0.1) is 11.3 Å². The molecule has 1 saturated carbocycles. The molecule has 2 N–H and O–H groups in total. The van der Waals surface area contributed by atoms with Gasteiger partial charge in [0.05, 0.1) is 29.4 Å². The summed E-state index contributed by atoms with van der Waals surface area (Å²) in [5.74, 6) is 0.641. The van der Waals surface area contributed by atoms with E-state index in [9.17, 15) is 0 Å². The standard InChI is InChI=1S/C19H19N5/c1-12(21)19(15-5-6-17(22-10-15)14-3-4-14)24-18-7-2-13(9-20)8-16(18)11-23-24/h2,5-8,10-12,14,19H,3-4,21H2,1H3/t12?,19-/m0/s1. The summed E-state index contributed by atoms with van der Waals surface area (Å²) in [7, 11) is 0. The number of hydrogen-bond donors (Lipinski definition) is 1. The summed E-state index contributed by atoms with van der Waals surface area (Å²) in [6.07, 6.45) is 6.21. The summed E-state index contributed by atoms with van der Waals surface area (Å²) < 4.78 is 1.94. The maximum atomic E-state index is 9.05. The molecule has 0 radical (unpaired) electrons. The van der Waals surface area contributed by atoms with Gasteiger partial charge in [0, 0.05) is 29.2 Å². The maximum Gasteiger partial charge on any atom is 0.0991 e. The minimum absolute atomic E-state index is 0.0869. The number of rotatable bonds is 4. The fraction of sp³-hybridized carbons (Fsp3) is 0.316. The molecule has 1 aliphatic rings. The summed E-state index contributed by atoms with van der Waals surface area (Å²) in [4.78, 5) is 4.62. The lowest BCUT2D eigenvalue weighted by Gasteiger charge is -2.22. The Morgan fingerprint density at radius 1 is 1.25 bits per heavy atom. The third-order valence-electron chi connectivity index (χ3n) is 4.63. The molecule has 0 saturated heterocycles. The van der Waals surface area contributed by atoms with Crippen LogP contribution in [0.1, 0.15) is 48.5 Å². The van der Waals surface area contributed by atoms with E-state index in [1.807, 2.05) is 36.0 Å². The van der Waals surface area contributed by atoms with E-state index in [1.54, 1.807) is 6.20 Å². The van der Waals surface area contributed by atoms with Crippen LogP contribution >= 0.6 is 0 Å². The van der Waals surface area contributed by atoms with Gasteiger partial charge in [0.1, 0.15) is 0 Å². The molecule has 3 aromatic rings. The van der Waals surface area contributed by atoms with E-state index < -0.39 is 0 Å². The second kappa shape index (κ2) is 5.73. The number of aromatic nitrogens is 3. The SMILES string of the molecule is CC(N)[C@@H](c1ccc(C2CC2)nc1)n1ncc2cc(C#N)ccc21. The molecule has 1 aromatic carbocycles. The topological polar surface area (TPSA) is 80.5 Å². The number of hydrogen-bond acceptors (Lipinski definition) is 4. The molecule has 24 heavy (non-hydrogen) atoms. The van der Waals surface area contributed by atoms with Gasteiger partial charge in [-0.25, -0.2) is 0 Å². The van der Waals surface area contributed by atoms with E-state index in [-0.39, 0.29) is 12.1 Å². The van der Waals surface area contributed by atoms with Gasteiger partial charge in [0.25, 0.3) is 0 Å². The number of nitriles is 1. The molecule has 1 aliphatic carbocycles. The van der Waals surface area contributed by atoms with Crippen LogP contribution in [-0.4, -0.2) is 20.8 Å². The fourth-order valence-corrected chi connectivity index (χ4v) is 3.22. The zero-order valence-electron chi connectivity index (χ0n) is 13.6. The maximum absolute atomic E-state index is 9.05. The summed E-state index contributed by atoms with van der Waals surface area (Å²) in [5, 5.41) is 14.5. The minimum atomic E-state index is -0.114. The van der Waals surface area contributed by atoms with Crippen molar-refractivity contribution in [2.24, 2.45) is 5.73 Å². The Balaban J connectivity index is 1.76. The average Bonchev–Trinajstić information content (AvgIpc) is 3.37. The van der Waals surface area contributed by atoms with Crippen molar-refractivity contribution in [2.45, 2.75) is 37.8 Å². The number of nitrogens with two attached hydrogens (primary N) is 1. The van der Waals surface area contributed by atoms with Gasteiger partial charge in [-0.2, -0.15) is 10.4 Å². The Bertz CT molecular complexity index is 913. The summed E-state index contributed by atoms with van der Waals surface area (Å²) in [6, 6.07) is 11.8. The van der Waals surface area contributed by atoms with Crippen LogP contribution in [0.25, 0.3) is 10.9 Å². The van der Waals surface area contributed by atoms with Crippen molar-refractivity contribution in [3.05, 3.63) is 59.5 Å². The van der Waals surface area contributed by atoms with E-state index in [0.717, 1.165) is 16.5 Å². The first-order valence-corrected chi connectivity index (χ1v) is 8.26. The van der Waals surface area contributed by atoms with E-state index in [0.29, 0.717) is 11.5 Å². The van der Waals surface area contributed by atoms with Gasteiger partial charge in [0.15, 0.2) is 0 Å². The molecule has 4 rings (SSSR count). The van der Waals surface area contributed by atoms with Gasteiger partial charge in [0.2, 0.25) is 0 Å². The molecule has 0 aliphatic heterocycles. The van der Waals surface area contributed by atoms with E-state index in [4.69, 9.17) is 11.0 Å². The Hall–Kier alpha value is -2.71. The smallest absolute Gasteiger partial charge is 0.0991 e. The zero-order chi connectivity index (χ0) is 16.7. The van der Waals surface area contributed by atoms with Crippen LogP contribution < -0.4 is 5.73 Å². The lowest BCUT2D eigenvalue weighted by molar-refractivity contribution is 0.465. The molecular formula is C19H19N5. The number of benzene rings is 1. The van der Waals surface area contributed by atoms with Crippen molar-refractivity contribution in [1.82, 2.24) is 14.8 Å². The first kappa shape index (κ1) is 14.9. The van der Waals surface area contributed by atoms with Gasteiger partial charge in [-0.1, -0.05) is 6.07 Å². The Kier molecular flexibility index (Phi) is 3.55. The minimum Gasteiger partial charge on any atom is -0.326 e. The molecule has 5 nitrogen and oxygen atoms in total. The van der Waals surface area contributed by atoms with Crippen LogP contribution in [-0.2, 0) is 0 Å². The second-order valence-corrected chi connectivity index (χ2v) is 6.57. The molecule has 5 heteroatoms. The van der Waals surface area contributed by atoms with Crippen molar-refractivity contribution in [3.8, 4) is 6.07 Å². The highest BCUT2D eigenvalue weighted by Crippen LogP contribution is 2.39. The normalized spacial score (nSPS) is 16.7. The van der Waals surface area contributed by atoms with Gasteiger partial charge in [-0.05, 0) is 49.6 Å². The lowest BCUT2D eigenvalue weighted by atomic mass is 10.0. The molecule has 2 atom stereocenters. The van der Waals surface area contributed by atoms with Crippen molar-refractivity contribution >= 4 is 10.9 Å². The Morgan fingerprint density at radius 3 is 2.71 bits per heavy atom. The molecule has 1 fully saturated rings. The van der Waals surface area contributed by atoms with Gasteiger partial charge < -0.3 is 5.73 Å². The highest BCUT2D eigenvalue weighted by atomic mass is 15.3. The third-order valence-corrected chi connectivity index (χ3v) is 4.63. The van der Waals surface area contributed by atoms with Gasteiger partial charge in [-0.15, -0.1) is 0 Å². The molecule has 120 valence electrons. The third kappa shape index (κ3) is 2.55. The first-order valence-electron chi connectivity index (χ1n) is 8.26. The van der Waals surface area contributed by atoms with Crippen molar-refractivity contribution in [2.75, 3.05) is 0 Å². The Morgan fingerprint density at radius 2 is 2.08 bits per heavy atom. The van der Waals surface area contributed by atoms with Gasteiger partial charge >= 0.3 is 0 Å². The lowest BCUT2D eigenvalue weighted by Crippen LogP contribution is -2.31.